The van der Waals surface area contributed by atoms with E-state index in [2.05, 4.69) is 8.02 Å². The second kappa shape index (κ2) is 6.22. The monoisotopic (exact) mass is 1960 g/mol. The molecule has 0 radical (unpaired) electrons. The molecule has 1 nitrogen and oxygen atoms in total. The van der Waals surface area contributed by atoms with Crippen LogP contribution in [-0.2, 0) is 15.0 Å². The minimum atomic E-state index is -1.56. The van der Waals surface area contributed by atoms with Gasteiger partial charge in [-0.1, -0.05) is 30.8 Å². The Hall–Kier alpha value is -6.55. The fourth-order valence-corrected chi connectivity index (χ4v) is 0. The first-order valence-corrected chi connectivity index (χ1v) is 2.34. The molecule has 0 atom stereocenters. The van der Waals surface area contributed by atoms with Gasteiger partial charge in [0.2, 0.25) is 0 Å². The molecule has 0 aromatic rings. The van der Waals surface area contributed by atoms with Gasteiger partial charge in [-0.05, 0) is 0 Å². The zero-order chi connectivity index (χ0) is 3.58. The summed E-state index contributed by atoms with van der Waals surface area (Å²) >= 11 is 0. The van der Waals surface area contributed by atoms with Crippen LogP contribution in [0.1, 0.15) is 29.7 Å². The van der Waals surface area contributed by atoms with Crippen LogP contribution in [0.4, 0.5) is 0 Å². The fraction of sp³-hybridized carbons (Fsp3) is 1.00. The van der Waals surface area contributed by atoms with Crippen LogP contribution in [0.3, 0.4) is 0 Å². The van der Waals surface area contributed by atoms with Gasteiger partial charge in [0.1, 0.15) is 0 Å². The van der Waals surface area contributed by atoms with Crippen LogP contribution in [0.5, 0.6) is 0 Å². The van der Waals surface area contributed by atoms with Crippen molar-refractivity contribution in [3.63, 3.8) is 0 Å². The van der Waals surface area contributed by atoms with Crippen molar-refractivity contribution in [2.75, 3.05) is 0 Å². The van der Waals surface area contributed by atoms with Crippen molar-refractivity contribution in [1.29, 1.82) is 1.12 Å². The van der Waals surface area contributed by atoms with Gasteiger partial charge in [-0.2, -0.15) is 0 Å². The van der Waals surface area contributed by atoms with Crippen LogP contribution in [0.2, 0.25) is 0 Å². The van der Waals surface area contributed by atoms with Crippen molar-refractivity contribution < 1.29 is 4.21 Å². The first-order valence-electron chi connectivity index (χ1n) is 0.779. The molecule has 0 aliphatic carbocycles. The van der Waals surface area contributed by atoms with Crippen molar-refractivity contribution in [3.05, 3.63) is 0 Å². The van der Waals surface area contributed by atoms with Gasteiger partial charge >= 0.3 is 0 Å². The molecule has 0 aromatic carbocycles. The predicted molar refractivity (Wildman–Crippen MR) is 44.7 cm³/mol. The molecular formula is C4H18No7OPS-. The number of hydrogen-bond donors (Lipinski definition) is 0. The maximum atomic E-state index is 9.14. The summed E-state index contributed by atoms with van der Waals surface area (Å²) in [6.07, 6.45) is 0. The third-order valence-electron chi connectivity index (χ3n) is 0. The molecule has 0 saturated carbocycles. The molecule has 0 fully saturated rings. The van der Waals surface area contributed by atoms with Gasteiger partial charge in [0.15, 0.2) is 0 Å². The second-order valence-electron chi connectivity index (χ2n) is 0.0833. The molecule has 0 saturated heterocycles. The van der Waals surface area contributed by atoms with Crippen LogP contribution in [0.25, 0.3) is 0 Å². The first kappa shape index (κ1) is 24.6. The van der Waals surface area contributed by atoms with E-state index in [9.17, 15) is 0 Å². The summed E-state index contributed by atoms with van der Waals surface area (Å²) in [6.45, 7) is 0. The number of thiol groups is 1. The van der Waals surface area contributed by atoms with Crippen molar-refractivity contribution in [3.8, 4) is 0 Å². The average molecular weight is 1960 g/mol. The van der Waals surface area contributed by atoms with E-state index in [1.165, 1.54) is 0 Å². The Labute approximate surface area is 54.6 Å². The third-order valence-corrected chi connectivity index (χ3v) is 0. The zero-order valence-electron chi connectivity index (χ0n) is 4.19. The Morgan fingerprint density at radius 3 is 0.714 bits per heavy atom. The Bertz CT molecular complexity index is 79.4. The molecule has 0 spiro atoms. The number of rotatable bonds is 0. The summed E-state index contributed by atoms with van der Waals surface area (Å²) < 4.78 is 15.1. The van der Waals surface area contributed by atoms with Gasteiger partial charge in [-0.15, -0.1) is 0 Å². The molecule has 0 aliphatic heterocycles. The van der Waals surface area contributed by atoms with Gasteiger partial charge in [0.05, 0.1) is 0 Å². The molecule has 0 amide bonds. The summed E-state index contributed by atoms with van der Waals surface area (Å²) in [7, 11) is 0.895. The molecular weight excluding hydrogens is 1940 g/mol. The standard InChI is InChI=1S/4CH4.7No.H2OPS/c;;;;;;;;;;;1-3-2/h4*1H4;;;;;;;;2-3H/q;;;;;;;;;;;-1/i;;;;;;;;;;;3T. The molecule has 0 rings (SSSR count). The molecule has 0 bridgehead atoms. The molecule has 0 aromatic heterocycles. The van der Waals surface area contributed by atoms with Gasteiger partial charge in [-0.3, -0.25) is 10.7 Å². The van der Waals surface area contributed by atoms with E-state index >= 15 is 0 Å². The second-order valence-corrected chi connectivity index (χ2v) is 0.750. The summed E-state index contributed by atoms with van der Waals surface area (Å²) in [5, 5.41) is 0. The third kappa shape index (κ3) is 2.52. The molecule has 10 heteroatoms. The molecule has 0 heterocycles. The van der Waals surface area contributed by atoms with Crippen molar-refractivity contribution in [2.45, 2.75) is 29.7 Å². The van der Waals surface area contributed by atoms with Crippen molar-refractivity contribution >= 4 is 18.8 Å². The molecule has 14 heavy (non-hydrogen) atoms. The van der Waals surface area contributed by atoms with E-state index in [-0.39, 0.29) is 29.7 Å². The maximum absolute atomic E-state index is 9.14. The average Bonchev–Trinajstić information content (AvgIpc) is 0.811. The van der Waals surface area contributed by atoms with Gasteiger partial charge in [-0.25, -0.2) is 8.02 Å². The Kier molecular flexibility index (Phi) is 10.9. The number of hydrogen-bond acceptors (Lipinski definition) is 2. The quantitative estimate of drug-likeness (QED) is 0.208. The zero-order valence-corrected chi connectivity index (χ0v) is 20.6. The van der Waals surface area contributed by atoms with Gasteiger partial charge in [0.25, 0.3) is 0 Å². The smallest absolute Gasteiger partial charge is 0 e. The van der Waals surface area contributed by atoms with E-state index in [0.29, 0.717) is 0 Å². The van der Waals surface area contributed by atoms with Crippen LogP contribution in [0, 0.1) is 0 Å². The van der Waals surface area contributed by atoms with Gasteiger partial charge in [0, 0.05) is 0 Å². The Morgan fingerprint density at radius 1 is 0.714 bits per heavy atom. The van der Waals surface area contributed by atoms with Gasteiger partial charge < -0.3 is 4.21 Å². The first-order chi connectivity index (χ1) is 1.73. The Balaban J connectivity index is -0.000000000818. The molecule has 0 N–H and O–H groups in total. The predicted octanol–water partition coefficient (Wildman–Crippen LogP) is 2.75. The SMILES string of the molecule is C.C.C.C.[3H][S-](=O)=P.[No].[No].[No].[No].[No].[No].[No]. The summed E-state index contributed by atoms with van der Waals surface area (Å²) in [4.78, 5) is 0. The van der Waals surface area contributed by atoms with Crippen LogP contribution in [-0.4, -0.2) is 1.12 Å². The molecule has 0 unspecified atom stereocenters. The van der Waals surface area contributed by atoms with E-state index in [0.717, 1.165) is 0 Å². The van der Waals surface area contributed by atoms with E-state index in [1.54, 1.807) is 0 Å². The van der Waals surface area contributed by atoms with Crippen molar-refractivity contribution in [2.24, 2.45) is 0 Å². The van der Waals surface area contributed by atoms with Crippen LogP contribution >= 0.6 is 8.02 Å². The summed E-state index contributed by atoms with van der Waals surface area (Å²) in [5.74, 6) is 0. The topological polar surface area (TPSA) is 17.1 Å². The van der Waals surface area contributed by atoms with E-state index in [4.69, 9.17) is 5.33 Å². The molecule has 150 valence electrons. The summed E-state index contributed by atoms with van der Waals surface area (Å²) in [5.41, 5.74) is 0. The Morgan fingerprint density at radius 2 is 0.714 bits per heavy atom. The summed E-state index contributed by atoms with van der Waals surface area (Å²) in [6, 6.07) is 0. The van der Waals surface area contributed by atoms with Crippen LogP contribution in [0.15, 0.2) is 0 Å². The van der Waals surface area contributed by atoms with E-state index < -0.39 is 10.7 Å². The normalized spacial score (nSPS) is 2.50. The largest absolute Gasteiger partial charge is 0.460 e. The van der Waals surface area contributed by atoms with Crippen LogP contribution < -0.4 is 0 Å². The fourth-order valence-electron chi connectivity index (χ4n) is 0. The minimum absolute atomic E-state index is 0. The van der Waals surface area contributed by atoms with Crippen molar-refractivity contribution in [1.82, 2.24) is 0 Å². The molecule has 0 aliphatic rings. The maximum Gasteiger partial charge on any atom is 0 e. The van der Waals surface area contributed by atoms with E-state index in [1.807, 2.05) is 0 Å². The minimum Gasteiger partial charge on any atom is -0.460 e.